The van der Waals surface area contributed by atoms with Gasteiger partial charge in [0.2, 0.25) is 0 Å². The molecule has 0 heterocycles. The molecule has 3 nitrogen and oxygen atoms in total. The molecule has 0 spiro atoms. The topological polar surface area (TPSA) is 32.3 Å². The van der Waals surface area contributed by atoms with Crippen LogP contribution in [0.5, 0.6) is 0 Å². The zero-order valence-corrected chi connectivity index (χ0v) is 13.2. The van der Waals surface area contributed by atoms with Gasteiger partial charge in [-0.05, 0) is 75.3 Å². The highest BCUT2D eigenvalue weighted by Gasteiger charge is 2.26. The van der Waals surface area contributed by atoms with Crippen LogP contribution in [0.15, 0.2) is 18.2 Å². The van der Waals surface area contributed by atoms with Crippen molar-refractivity contribution in [1.29, 1.82) is 0 Å². The summed E-state index contributed by atoms with van der Waals surface area (Å²) in [6.45, 7) is 0. The number of aryl methyl sites for hydroxylation is 2. The van der Waals surface area contributed by atoms with E-state index < -0.39 is 0 Å². The number of amides is 1. The molecular formula is C18H26N2O. The Kier molecular flexibility index (Phi) is 4.29. The van der Waals surface area contributed by atoms with Crippen molar-refractivity contribution in [2.75, 3.05) is 14.1 Å². The Morgan fingerprint density at radius 3 is 2.57 bits per heavy atom. The predicted octanol–water partition coefficient (Wildman–Crippen LogP) is 2.78. The van der Waals surface area contributed by atoms with Crippen molar-refractivity contribution in [3.8, 4) is 0 Å². The lowest BCUT2D eigenvalue weighted by Crippen LogP contribution is -2.42. The van der Waals surface area contributed by atoms with Crippen molar-refractivity contribution in [3.05, 3.63) is 34.9 Å². The van der Waals surface area contributed by atoms with Gasteiger partial charge in [-0.25, -0.2) is 0 Å². The Balaban J connectivity index is 1.67. The molecule has 0 saturated heterocycles. The second kappa shape index (κ2) is 6.18. The number of carbonyl (C=O) groups is 1. The maximum Gasteiger partial charge on any atom is 0.253 e. The van der Waals surface area contributed by atoms with Crippen LogP contribution in [0.3, 0.4) is 0 Å². The molecule has 0 aromatic heterocycles. The van der Waals surface area contributed by atoms with Gasteiger partial charge < -0.3 is 10.2 Å². The Bertz CT molecular complexity index is 518. The summed E-state index contributed by atoms with van der Waals surface area (Å²) >= 11 is 0. The van der Waals surface area contributed by atoms with Crippen molar-refractivity contribution >= 4 is 5.91 Å². The normalized spacial score (nSPS) is 24.7. The van der Waals surface area contributed by atoms with E-state index in [1.807, 2.05) is 25.1 Å². The molecule has 1 saturated carbocycles. The summed E-state index contributed by atoms with van der Waals surface area (Å²) in [7, 11) is 4.00. The van der Waals surface area contributed by atoms with Crippen molar-refractivity contribution < 1.29 is 4.79 Å². The van der Waals surface area contributed by atoms with Gasteiger partial charge in [-0.15, -0.1) is 0 Å². The lowest BCUT2D eigenvalue weighted by molar-refractivity contribution is 0.0685. The van der Waals surface area contributed by atoms with Gasteiger partial charge in [0.15, 0.2) is 0 Å². The SMILES string of the molecule is CNC1CCC(N(C)C(=O)c2ccc3c(c2)CCC3)CC1. The molecule has 0 atom stereocenters. The first-order valence-corrected chi connectivity index (χ1v) is 8.25. The van der Waals surface area contributed by atoms with Crippen LogP contribution in [0, 0.1) is 0 Å². The van der Waals surface area contributed by atoms with Crippen molar-refractivity contribution in [3.63, 3.8) is 0 Å². The number of carbonyl (C=O) groups excluding carboxylic acids is 1. The van der Waals surface area contributed by atoms with Crippen molar-refractivity contribution in [2.24, 2.45) is 0 Å². The first kappa shape index (κ1) is 14.6. The molecule has 2 aliphatic rings. The summed E-state index contributed by atoms with van der Waals surface area (Å²) in [5.41, 5.74) is 3.69. The second-order valence-corrected chi connectivity index (χ2v) is 6.55. The van der Waals surface area contributed by atoms with Crippen LogP contribution in [0.4, 0.5) is 0 Å². The van der Waals surface area contributed by atoms with E-state index in [0.29, 0.717) is 12.1 Å². The van der Waals surface area contributed by atoms with E-state index >= 15 is 0 Å². The summed E-state index contributed by atoms with van der Waals surface area (Å²) in [6.07, 6.45) is 8.10. The Morgan fingerprint density at radius 2 is 1.86 bits per heavy atom. The summed E-state index contributed by atoms with van der Waals surface area (Å²) in [4.78, 5) is 14.7. The van der Waals surface area contributed by atoms with Crippen LogP contribution in [0.2, 0.25) is 0 Å². The van der Waals surface area contributed by atoms with Gasteiger partial charge in [0, 0.05) is 24.7 Å². The third kappa shape index (κ3) is 2.98. The van der Waals surface area contributed by atoms with Gasteiger partial charge in [-0.2, -0.15) is 0 Å². The molecule has 1 aromatic carbocycles. The quantitative estimate of drug-likeness (QED) is 0.926. The number of fused-ring (bicyclic) bond motifs is 1. The molecule has 0 aliphatic heterocycles. The van der Waals surface area contributed by atoms with Crippen LogP contribution in [0.1, 0.15) is 53.6 Å². The van der Waals surface area contributed by atoms with E-state index in [-0.39, 0.29) is 5.91 Å². The van der Waals surface area contributed by atoms with Crippen LogP contribution < -0.4 is 5.32 Å². The zero-order chi connectivity index (χ0) is 14.8. The number of benzene rings is 1. The predicted molar refractivity (Wildman–Crippen MR) is 85.7 cm³/mol. The fourth-order valence-corrected chi connectivity index (χ4v) is 3.83. The van der Waals surface area contributed by atoms with Gasteiger partial charge in [-0.3, -0.25) is 4.79 Å². The fraction of sp³-hybridized carbons (Fsp3) is 0.611. The lowest BCUT2D eigenvalue weighted by atomic mass is 9.90. The highest BCUT2D eigenvalue weighted by atomic mass is 16.2. The smallest absolute Gasteiger partial charge is 0.253 e. The molecule has 0 bridgehead atoms. The summed E-state index contributed by atoms with van der Waals surface area (Å²) in [5.74, 6) is 0.192. The van der Waals surface area contributed by atoms with Gasteiger partial charge >= 0.3 is 0 Å². The summed E-state index contributed by atoms with van der Waals surface area (Å²) in [6, 6.07) is 7.32. The summed E-state index contributed by atoms with van der Waals surface area (Å²) in [5, 5.41) is 3.35. The maximum absolute atomic E-state index is 12.7. The number of nitrogens with zero attached hydrogens (tertiary/aromatic N) is 1. The number of hydrogen-bond acceptors (Lipinski definition) is 2. The first-order chi connectivity index (χ1) is 10.2. The largest absolute Gasteiger partial charge is 0.339 e. The minimum atomic E-state index is 0.192. The van der Waals surface area contributed by atoms with Crippen LogP contribution in [-0.4, -0.2) is 37.0 Å². The highest BCUT2D eigenvalue weighted by molar-refractivity contribution is 5.94. The van der Waals surface area contributed by atoms with Gasteiger partial charge in [-0.1, -0.05) is 6.07 Å². The standard InChI is InChI=1S/C18H26N2O/c1-19-16-8-10-17(11-9-16)20(2)18(21)15-7-6-13-4-3-5-14(13)12-15/h6-7,12,16-17,19H,3-5,8-11H2,1-2H3. The van der Waals surface area contributed by atoms with Crippen molar-refractivity contribution in [1.82, 2.24) is 10.2 Å². The first-order valence-electron chi connectivity index (χ1n) is 8.25. The summed E-state index contributed by atoms with van der Waals surface area (Å²) < 4.78 is 0. The second-order valence-electron chi connectivity index (χ2n) is 6.55. The Morgan fingerprint density at radius 1 is 1.14 bits per heavy atom. The Labute approximate surface area is 127 Å². The van der Waals surface area contributed by atoms with Gasteiger partial charge in [0.25, 0.3) is 5.91 Å². The Hall–Kier alpha value is -1.35. The highest BCUT2D eigenvalue weighted by Crippen LogP contribution is 2.26. The average molecular weight is 286 g/mol. The molecule has 1 fully saturated rings. The molecular weight excluding hydrogens is 260 g/mol. The van der Waals surface area contributed by atoms with E-state index in [4.69, 9.17) is 0 Å². The van der Waals surface area contributed by atoms with Crippen LogP contribution in [-0.2, 0) is 12.8 Å². The minimum Gasteiger partial charge on any atom is -0.339 e. The average Bonchev–Trinajstić information content (AvgIpc) is 3.01. The van der Waals surface area contributed by atoms with Crippen LogP contribution in [0.25, 0.3) is 0 Å². The van der Waals surface area contributed by atoms with E-state index in [1.54, 1.807) is 0 Å². The van der Waals surface area contributed by atoms with Crippen molar-refractivity contribution in [2.45, 2.75) is 57.0 Å². The monoisotopic (exact) mass is 286 g/mol. The molecule has 114 valence electrons. The van der Waals surface area contributed by atoms with E-state index in [1.165, 1.54) is 36.8 Å². The molecule has 1 aromatic rings. The van der Waals surface area contributed by atoms with E-state index in [2.05, 4.69) is 17.4 Å². The third-order valence-corrected chi connectivity index (χ3v) is 5.32. The van der Waals surface area contributed by atoms with Crippen LogP contribution >= 0.6 is 0 Å². The molecule has 0 unspecified atom stereocenters. The van der Waals surface area contributed by atoms with Gasteiger partial charge in [0.1, 0.15) is 0 Å². The van der Waals surface area contributed by atoms with E-state index in [9.17, 15) is 4.79 Å². The third-order valence-electron chi connectivity index (χ3n) is 5.32. The lowest BCUT2D eigenvalue weighted by Gasteiger charge is -2.34. The molecule has 1 N–H and O–H groups in total. The number of hydrogen-bond donors (Lipinski definition) is 1. The van der Waals surface area contributed by atoms with E-state index in [0.717, 1.165) is 24.8 Å². The molecule has 2 aliphatic carbocycles. The number of nitrogens with one attached hydrogen (secondary N) is 1. The molecule has 3 heteroatoms. The molecule has 3 rings (SSSR count). The maximum atomic E-state index is 12.7. The molecule has 0 radical (unpaired) electrons. The number of rotatable bonds is 3. The fourth-order valence-electron chi connectivity index (χ4n) is 3.83. The van der Waals surface area contributed by atoms with Gasteiger partial charge in [0.05, 0.1) is 0 Å². The zero-order valence-electron chi connectivity index (χ0n) is 13.2. The minimum absolute atomic E-state index is 0.192. The molecule has 1 amide bonds. The molecule has 21 heavy (non-hydrogen) atoms.